The van der Waals surface area contributed by atoms with Crippen molar-refractivity contribution < 1.29 is 4.79 Å². The summed E-state index contributed by atoms with van der Waals surface area (Å²) < 4.78 is 2.20. The fourth-order valence-electron chi connectivity index (χ4n) is 3.30. The molecule has 0 spiro atoms. The summed E-state index contributed by atoms with van der Waals surface area (Å²) in [4.78, 5) is 23.3. The Kier molecular flexibility index (Phi) is 3.76. The van der Waals surface area contributed by atoms with Crippen molar-refractivity contribution in [3.05, 3.63) is 60.3 Å². The third-order valence-electron chi connectivity index (χ3n) is 4.63. The summed E-state index contributed by atoms with van der Waals surface area (Å²) in [5.74, 6) is 1.63. The van der Waals surface area contributed by atoms with Gasteiger partial charge in [-0.1, -0.05) is 31.2 Å². The van der Waals surface area contributed by atoms with E-state index < -0.39 is 0 Å². The van der Waals surface area contributed by atoms with Gasteiger partial charge in [0, 0.05) is 49.8 Å². The molecule has 2 aromatic heterocycles. The third kappa shape index (κ3) is 2.66. The molecule has 1 aromatic carbocycles. The van der Waals surface area contributed by atoms with Gasteiger partial charge in [0.1, 0.15) is 11.5 Å². The first kappa shape index (κ1) is 14.9. The molecule has 3 aromatic rings. The Morgan fingerprint density at radius 2 is 2.04 bits per heavy atom. The molecule has 24 heavy (non-hydrogen) atoms. The molecule has 5 nitrogen and oxygen atoms in total. The van der Waals surface area contributed by atoms with Crippen LogP contribution in [-0.4, -0.2) is 38.4 Å². The zero-order chi connectivity index (χ0) is 16.5. The molecule has 122 valence electrons. The molecule has 1 amide bonds. The van der Waals surface area contributed by atoms with Gasteiger partial charge < -0.3 is 9.47 Å². The van der Waals surface area contributed by atoms with Crippen LogP contribution in [0, 0.1) is 5.92 Å². The van der Waals surface area contributed by atoms with Crippen LogP contribution in [0.25, 0.3) is 10.9 Å². The van der Waals surface area contributed by atoms with Crippen LogP contribution in [0.5, 0.6) is 0 Å². The number of fused-ring (bicyclic) bond motifs is 1. The van der Waals surface area contributed by atoms with Crippen molar-refractivity contribution in [2.24, 2.45) is 5.92 Å². The quantitative estimate of drug-likeness (QED) is 0.743. The smallest absolute Gasteiger partial charge is 0.272 e. The molecule has 0 radical (unpaired) electrons. The summed E-state index contributed by atoms with van der Waals surface area (Å²) in [7, 11) is 0. The number of hydrogen-bond acceptors (Lipinski definition) is 3. The standard InChI is InChI=1S/C19H20N4O/c1-2-18-20-9-10-22(18)11-14-12-23(13-14)19(24)17-8-7-15-5-3-4-6-16(15)21-17/h3-10,14H,2,11-13H2,1H3. The molecule has 1 fully saturated rings. The number of pyridine rings is 1. The molecule has 0 saturated carbocycles. The van der Waals surface area contributed by atoms with Gasteiger partial charge in [-0.25, -0.2) is 9.97 Å². The number of carbonyl (C=O) groups is 1. The monoisotopic (exact) mass is 320 g/mol. The van der Waals surface area contributed by atoms with Crippen molar-refractivity contribution in [2.75, 3.05) is 13.1 Å². The van der Waals surface area contributed by atoms with Crippen LogP contribution in [0.2, 0.25) is 0 Å². The van der Waals surface area contributed by atoms with E-state index in [1.165, 1.54) is 0 Å². The van der Waals surface area contributed by atoms with E-state index in [0.717, 1.165) is 42.8 Å². The van der Waals surface area contributed by atoms with Crippen molar-refractivity contribution >= 4 is 16.8 Å². The maximum Gasteiger partial charge on any atom is 0.272 e. The number of aromatic nitrogens is 3. The van der Waals surface area contributed by atoms with Crippen LogP contribution in [0.3, 0.4) is 0 Å². The molecule has 1 saturated heterocycles. The molecular formula is C19H20N4O. The van der Waals surface area contributed by atoms with Crippen molar-refractivity contribution in [3.63, 3.8) is 0 Å². The maximum atomic E-state index is 12.6. The summed E-state index contributed by atoms with van der Waals surface area (Å²) in [6, 6.07) is 11.7. The Bertz CT molecular complexity index is 880. The highest BCUT2D eigenvalue weighted by molar-refractivity contribution is 5.95. The van der Waals surface area contributed by atoms with E-state index in [0.29, 0.717) is 11.6 Å². The van der Waals surface area contributed by atoms with Gasteiger partial charge in [0.2, 0.25) is 0 Å². The number of amides is 1. The minimum absolute atomic E-state index is 0.0262. The van der Waals surface area contributed by atoms with E-state index in [1.807, 2.05) is 53.7 Å². The van der Waals surface area contributed by atoms with Gasteiger partial charge in [0.25, 0.3) is 5.91 Å². The molecule has 3 heterocycles. The zero-order valence-electron chi connectivity index (χ0n) is 13.7. The lowest BCUT2D eigenvalue weighted by Crippen LogP contribution is -2.51. The van der Waals surface area contributed by atoms with Crippen LogP contribution in [0.4, 0.5) is 0 Å². The predicted molar refractivity (Wildman–Crippen MR) is 92.7 cm³/mol. The molecule has 4 rings (SSSR count). The molecule has 0 aliphatic carbocycles. The van der Waals surface area contributed by atoms with Gasteiger partial charge in [-0.05, 0) is 12.1 Å². The summed E-state index contributed by atoms with van der Waals surface area (Å²) in [5.41, 5.74) is 1.40. The molecule has 5 heteroatoms. The fourth-order valence-corrected chi connectivity index (χ4v) is 3.30. The minimum Gasteiger partial charge on any atom is -0.336 e. The number of nitrogens with zero attached hydrogens (tertiary/aromatic N) is 4. The van der Waals surface area contributed by atoms with E-state index in [4.69, 9.17) is 0 Å². The Balaban J connectivity index is 1.41. The van der Waals surface area contributed by atoms with Crippen LogP contribution in [0.15, 0.2) is 48.8 Å². The third-order valence-corrected chi connectivity index (χ3v) is 4.63. The lowest BCUT2D eigenvalue weighted by molar-refractivity contribution is 0.0462. The van der Waals surface area contributed by atoms with Gasteiger partial charge in [-0.15, -0.1) is 0 Å². The van der Waals surface area contributed by atoms with Gasteiger partial charge >= 0.3 is 0 Å². The second-order valence-corrected chi connectivity index (χ2v) is 6.31. The Labute approximate surface area is 140 Å². The van der Waals surface area contributed by atoms with Gasteiger partial charge in [0.05, 0.1) is 5.52 Å². The molecule has 1 aliphatic rings. The molecule has 0 N–H and O–H groups in total. The molecule has 0 unspecified atom stereocenters. The minimum atomic E-state index is 0.0262. The lowest BCUT2D eigenvalue weighted by atomic mass is 9.99. The van der Waals surface area contributed by atoms with E-state index >= 15 is 0 Å². The first-order chi connectivity index (χ1) is 11.7. The topological polar surface area (TPSA) is 51.0 Å². The summed E-state index contributed by atoms with van der Waals surface area (Å²) in [6.07, 6.45) is 4.80. The Morgan fingerprint density at radius 3 is 2.88 bits per heavy atom. The van der Waals surface area contributed by atoms with Crippen molar-refractivity contribution in [3.8, 4) is 0 Å². The first-order valence-corrected chi connectivity index (χ1v) is 8.39. The number of aryl methyl sites for hydroxylation is 1. The second kappa shape index (κ2) is 6.07. The average Bonchev–Trinajstić information content (AvgIpc) is 3.04. The zero-order valence-corrected chi connectivity index (χ0v) is 13.7. The first-order valence-electron chi connectivity index (χ1n) is 8.39. The number of carbonyl (C=O) groups excluding carboxylic acids is 1. The molecule has 1 aliphatic heterocycles. The predicted octanol–water partition coefficient (Wildman–Crippen LogP) is 2.77. The number of likely N-dealkylation sites (tertiary alicyclic amines) is 1. The largest absolute Gasteiger partial charge is 0.336 e. The fraction of sp³-hybridized carbons (Fsp3) is 0.316. The summed E-state index contributed by atoms with van der Waals surface area (Å²) >= 11 is 0. The number of benzene rings is 1. The van der Waals surface area contributed by atoms with Crippen LogP contribution in [-0.2, 0) is 13.0 Å². The van der Waals surface area contributed by atoms with Crippen LogP contribution < -0.4 is 0 Å². The average molecular weight is 320 g/mol. The Hall–Kier alpha value is -2.69. The SMILES string of the molecule is CCc1nccn1CC1CN(C(=O)c2ccc3ccccc3n2)C1. The highest BCUT2D eigenvalue weighted by Crippen LogP contribution is 2.21. The van der Waals surface area contributed by atoms with Gasteiger partial charge in [0.15, 0.2) is 0 Å². The second-order valence-electron chi connectivity index (χ2n) is 6.31. The molecule has 0 bridgehead atoms. The van der Waals surface area contributed by atoms with E-state index in [-0.39, 0.29) is 5.91 Å². The highest BCUT2D eigenvalue weighted by Gasteiger charge is 2.32. The normalized spacial score (nSPS) is 14.8. The molecular weight excluding hydrogens is 300 g/mol. The van der Waals surface area contributed by atoms with E-state index in [2.05, 4.69) is 21.5 Å². The number of rotatable bonds is 4. The number of imidazole rings is 1. The van der Waals surface area contributed by atoms with Crippen LogP contribution >= 0.6 is 0 Å². The molecule has 0 atom stereocenters. The van der Waals surface area contributed by atoms with Crippen LogP contribution in [0.1, 0.15) is 23.2 Å². The van der Waals surface area contributed by atoms with Gasteiger partial charge in [-0.2, -0.15) is 0 Å². The van der Waals surface area contributed by atoms with Crippen molar-refractivity contribution in [1.29, 1.82) is 0 Å². The van der Waals surface area contributed by atoms with Gasteiger partial charge in [-0.3, -0.25) is 4.79 Å². The number of para-hydroxylation sites is 1. The summed E-state index contributed by atoms with van der Waals surface area (Å²) in [6.45, 7) is 4.61. The van der Waals surface area contributed by atoms with E-state index in [1.54, 1.807) is 0 Å². The summed E-state index contributed by atoms with van der Waals surface area (Å²) in [5, 5.41) is 1.06. The highest BCUT2D eigenvalue weighted by atomic mass is 16.2. The van der Waals surface area contributed by atoms with E-state index in [9.17, 15) is 4.79 Å². The number of hydrogen-bond donors (Lipinski definition) is 0. The Morgan fingerprint density at radius 1 is 1.21 bits per heavy atom. The maximum absolute atomic E-state index is 12.6. The van der Waals surface area contributed by atoms with Crippen molar-refractivity contribution in [2.45, 2.75) is 19.9 Å². The van der Waals surface area contributed by atoms with Crippen molar-refractivity contribution in [1.82, 2.24) is 19.4 Å². The lowest BCUT2D eigenvalue weighted by Gasteiger charge is -2.39.